The topological polar surface area (TPSA) is 66.4 Å². The molecule has 0 aliphatic heterocycles. The van der Waals surface area contributed by atoms with Gasteiger partial charge in [0.2, 0.25) is 10.0 Å². The van der Waals surface area contributed by atoms with Gasteiger partial charge in [0.15, 0.2) is 0 Å². The van der Waals surface area contributed by atoms with E-state index < -0.39 is 10.0 Å². The zero-order chi connectivity index (χ0) is 13.9. The molecule has 0 bridgehead atoms. The van der Waals surface area contributed by atoms with Gasteiger partial charge in [0.1, 0.15) is 10.6 Å². The molecule has 19 heavy (non-hydrogen) atoms. The second-order valence-corrected chi connectivity index (χ2v) is 7.18. The molecule has 0 heterocycles. The summed E-state index contributed by atoms with van der Waals surface area (Å²) in [5.41, 5.74) is 0. The standard InChI is InChI=1S/C14H21NO3S/c1-11-6-8-12(9-7-11)10-15-19(17,18)14-5-3-2-4-13(14)16/h2-5,11-12,15-16H,6-10H2,1H3. The summed E-state index contributed by atoms with van der Waals surface area (Å²) in [4.78, 5) is -0.0424. The average Bonchev–Trinajstić information content (AvgIpc) is 2.38. The van der Waals surface area contributed by atoms with Crippen molar-refractivity contribution in [1.29, 1.82) is 0 Å². The van der Waals surface area contributed by atoms with E-state index in [0.29, 0.717) is 12.5 Å². The third-order valence-electron chi connectivity index (χ3n) is 3.85. The van der Waals surface area contributed by atoms with E-state index >= 15 is 0 Å². The lowest BCUT2D eigenvalue weighted by Gasteiger charge is -2.26. The number of nitrogens with one attached hydrogen (secondary N) is 1. The molecular weight excluding hydrogens is 262 g/mol. The van der Waals surface area contributed by atoms with Gasteiger partial charge in [-0.2, -0.15) is 0 Å². The van der Waals surface area contributed by atoms with Crippen molar-refractivity contribution in [3.63, 3.8) is 0 Å². The number of benzene rings is 1. The van der Waals surface area contributed by atoms with Crippen LogP contribution in [0.5, 0.6) is 5.75 Å². The van der Waals surface area contributed by atoms with Gasteiger partial charge < -0.3 is 5.11 Å². The molecule has 1 saturated carbocycles. The fraction of sp³-hybridized carbons (Fsp3) is 0.571. The van der Waals surface area contributed by atoms with Gasteiger partial charge in [-0.05, 0) is 36.8 Å². The highest BCUT2D eigenvalue weighted by atomic mass is 32.2. The van der Waals surface area contributed by atoms with Gasteiger partial charge in [-0.3, -0.25) is 0 Å². The summed E-state index contributed by atoms with van der Waals surface area (Å²) in [5.74, 6) is 0.968. The molecule has 0 unspecified atom stereocenters. The Kier molecular flexibility index (Phi) is 4.47. The number of hydrogen-bond donors (Lipinski definition) is 2. The molecule has 106 valence electrons. The van der Waals surface area contributed by atoms with Gasteiger partial charge in [0.25, 0.3) is 0 Å². The fourth-order valence-corrected chi connectivity index (χ4v) is 3.73. The van der Waals surface area contributed by atoms with Gasteiger partial charge in [0, 0.05) is 6.54 Å². The summed E-state index contributed by atoms with van der Waals surface area (Å²) in [5, 5.41) is 9.60. The fourth-order valence-electron chi connectivity index (χ4n) is 2.52. The Hall–Kier alpha value is -1.07. The predicted molar refractivity (Wildman–Crippen MR) is 74.4 cm³/mol. The summed E-state index contributed by atoms with van der Waals surface area (Å²) >= 11 is 0. The number of para-hydroxylation sites is 1. The molecule has 0 radical (unpaired) electrons. The van der Waals surface area contributed by atoms with Crippen LogP contribution in [0.2, 0.25) is 0 Å². The molecule has 0 aromatic heterocycles. The minimum Gasteiger partial charge on any atom is -0.507 e. The molecule has 0 spiro atoms. The minimum atomic E-state index is -3.60. The number of sulfonamides is 1. The van der Waals surface area contributed by atoms with Crippen LogP contribution in [0.15, 0.2) is 29.2 Å². The molecular formula is C14H21NO3S. The Morgan fingerprint density at radius 2 is 1.84 bits per heavy atom. The Labute approximate surface area is 114 Å². The second kappa shape index (κ2) is 5.92. The van der Waals surface area contributed by atoms with Crippen LogP contribution in [0, 0.1) is 11.8 Å². The van der Waals surface area contributed by atoms with Crippen molar-refractivity contribution in [1.82, 2.24) is 4.72 Å². The maximum Gasteiger partial charge on any atom is 0.244 e. The van der Waals surface area contributed by atoms with E-state index in [9.17, 15) is 13.5 Å². The Bertz CT molecular complexity index is 519. The van der Waals surface area contributed by atoms with E-state index in [1.165, 1.54) is 25.0 Å². The third kappa shape index (κ3) is 3.70. The molecule has 5 heteroatoms. The van der Waals surface area contributed by atoms with Gasteiger partial charge >= 0.3 is 0 Å². The first kappa shape index (κ1) is 14.3. The van der Waals surface area contributed by atoms with Crippen molar-refractivity contribution in [2.75, 3.05) is 6.54 Å². The molecule has 0 saturated heterocycles. The van der Waals surface area contributed by atoms with Gasteiger partial charge in [-0.15, -0.1) is 0 Å². The second-order valence-electron chi connectivity index (χ2n) is 5.45. The van der Waals surface area contributed by atoms with Crippen molar-refractivity contribution in [2.45, 2.75) is 37.5 Å². The lowest BCUT2D eigenvalue weighted by Crippen LogP contribution is -2.31. The van der Waals surface area contributed by atoms with Crippen LogP contribution in [-0.2, 0) is 10.0 Å². The van der Waals surface area contributed by atoms with Crippen LogP contribution in [0.25, 0.3) is 0 Å². The quantitative estimate of drug-likeness (QED) is 0.892. The highest BCUT2D eigenvalue weighted by molar-refractivity contribution is 7.89. The van der Waals surface area contributed by atoms with Gasteiger partial charge in [-0.1, -0.05) is 31.9 Å². The number of phenolic OH excluding ortho intramolecular Hbond substituents is 1. The lowest BCUT2D eigenvalue weighted by molar-refractivity contribution is 0.290. The highest BCUT2D eigenvalue weighted by Crippen LogP contribution is 2.28. The first-order valence-electron chi connectivity index (χ1n) is 6.76. The number of rotatable bonds is 4. The Morgan fingerprint density at radius 1 is 1.21 bits per heavy atom. The van der Waals surface area contributed by atoms with Crippen LogP contribution in [0.1, 0.15) is 32.6 Å². The molecule has 1 fully saturated rings. The van der Waals surface area contributed by atoms with Crippen molar-refractivity contribution in [3.8, 4) is 5.75 Å². The third-order valence-corrected chi connectivity index (χ3v) is 5.32. The average molecular weight is 283 g/mol. The first-order valence-corrected chi connectivity index (χ1v) is 8.25. The summed E-state index contributed by atoms with van der Waals surface area (Å²) in [6.07, 6.45) is 4.49. The molecule has 1 aromatic rings. The molecule has 1 aromatic carbocycles. The number of aromatic hydroxyl groups is 1. The summed E-state index contributed by atoms with van der Waals surface area (Å²) in [6.45, 7) is 2.70. The molecule has 0 atom stereocenters. The Morgan fingerprint density at radius 3 is 2.47 bits per heavy atom. The van der Waals surface area contributed by atoms with Crippen molar-refractivity contribution < 1.29 is 13.5 Å². The van der Waals surface area contributed by atoms with Crippen LogP contribution in [-0.4, -0.2) is 20.1 Å². The summed E-state index contributed by atoms with van der Waals surface area (Å²) in [6, 6.07) is 6.02. The monoisotopic (exact) mass is 283 g/mol. The smallest absolute Gasteiger partial charge is 0.244 e. The van der Waals surface area contributed by atoms with E-state index in [1.54, 1.807) is 12.1 Å². The van der Waals surface area contributed by atoms with E-state index in [0.717, 1.165) is 18.8 Å². The van der Waals surface area contributed by atoms with E-state index in [2.05, 4.69) is 11.6 Å². The van der Waals surface area contributed by atoms with Crippen LogP contribution in [0.3, 0.4) is 0 Å². The maximum atomic E-state index is 12.1. The van der Waals surface area contributed by atoms with Crippen LogP contribution < -0.4 is 4.72 Å². The van der Waals surface area contributed by atoms with E-state index in [1.807, 2.05) is 0 Å². The molecule has 2 N–H and O–H groups in total. The summed E-state index contributed by atoms with van der Waals surface area (Å²) in [7, 11) is -3.60. The number of hydrogen-bond acceptors (Lipinski definition) is 3. The highest BCUT2D eigenvalue weighted by Gasteiger charge is 2.22. The van der Waals surface area contributed by atoms with Crippen molar-refractivity contribution in [2.24, 2.45) is 11.8 Å². The molecule has 4 nitrogen and oxygen atoms in total. The van der Waals surface area contributed by atoms with Gasteiger partial charge in [-0.25, -0.2) is 13.1 Å². The summed E-state index contributed by atoms with van der Waals surface area (Å²) < 4.78 is 26.8. The van der Waals surface area contributed by atoms with E-state index in [4.69, 9.17) is 0 Å². The lowest BCUT2D eigenvalue weighted by atomic mass is 9.83. The van der Waals surface area contributed by atoms with Crippen molar-refractivity contribution in [3.05, 3.63) is 24.3 Å². The largest absolute Gasteiger partial charge is 0.507 e. The maximum absolute atomic E-state index is 12.1. The van der Waals surface area contributed by atoms with Crippen molar-refractivity contribution >= 4 is 10.0 Å². The normalized spacial score (nSPS) is 24.3. The Balaban J connectivity index is 1.97. The molecule has 1 aliphatic rings. The predicted octanol–water partition coefficient (Wildman–Crippen LogP) is 2.50. The van der Waals surface area contributed by atoms with Crippen LogP contribution in [0.4, 0.5) is 0 Å². The molecule has 0 amide bonds. The SMILES string of the molecule is CC1CCC(CNS(=O)(=O)c2ccccc2O)CC1. The zero-order valence-electron chi connectivity index (χ0n) is 11.2. The number of phenols is 1. The molecule has 2 rings (SSSR count). The first-order chi connectivity index (χ1) is 8.99. The minimum absolute atomic E-state index is 0.0424. The zero-order valence-corrected chi connectivity index (χ0v) is 12.0. The van der Waals surface area contributed by atoms with Gasteiger partial charge in [0.05, 0.1) is 0 Å². The van der Waals surface area contributed by atoms with E-state index in [-0.39, 0.29) is 10.6 Å². The van der Waals surface area contributed by atoms with Crippen LogP contribution >= 0.6 is 0 Å². The molecule has 1 aliphatic carbocycles.